The Balaban J connectivity index is 2.58. The van der Waals surface area contributed by atoms with E-state index >= 15 is 0 Å². The summed E-state index contributed by atoms with van der Waals surface area (Å²) < 4.78 is 1.81. The number of rotatable bonds is 3. The molecular formula is C8H17N7. The van der Waals surface area contributed by atoms with E-state index in [2.05, 4.69) is 25.9 Å². The van der Waals surface area contributed by atoms with Crippen molar-refractivity contribution < 1.29 is 0 Å². The summed E-state index contributed by atoms with van der Waals surface area (Å²) in [7, 11) is 1.87. The van der Waals surface area contributed by atoms with E-state index in [9.17, 15) is 0 Å². The molecule has 0 fully saturated rings. The lowest BCUT2D eigenvalue weighted by Crippen LogP contribution is -2.44. The maximum absolute atomic E-state index is 5.31. The lowest BCUT2D eigenvalue weighted by atomic mass is 10.4. The van der Waals surface area contributed by atoms with Gasteiger partial charge in [-0.15, -0.1) is 10.2 Å². The van der Waals surface area contributed by atoms with Crippen molar-refractivity contribution in [2.75, 3.05) is 0 Å². The zero-order valence-corrected chi connectivity index (χ0v) is 9.23. The topological polar surface area (TPSA) is 93.1 Å². The first-order valence-corrected chi connectivity index (χ1v) is 4.74. The van der Waals surface area contributed by atoms with Gasteiger partial charge < -0.3 is 9.88 Å². The first-order valence-electron chi connectivity index (χ1n) is 4.74. The molecule has 0 radical (unpaired) electrons. The molecule has 15 heavy (non-hydrogen) atoms. The Bertz CT molecular complexity index is 327. The van der Waals surface area contributed by atoms with Crippen LogP contribution in [0.15, 0.2) is 11.3 Å². The number of aliphatic imine (C=N–C) groups is 1. The van der Waals surface area contributed by atoms with Gasteiger partial charge in [0.25, 0.3) is 0 Å². The molecule has 1 aromatic rings. The van der Waals surface area contributed by atoms with Gasteiger partial charge in [-0.3, -0.25) is 5.43 Å². The molecule has 0 amide bonds. The summed E-state index contributed by atoms with van der Waals surface area (Å²) in [6.45, 7) is 4.46. The van der Waals surface area contributed by atoms with Crippen LogP contribution in [0.25, 0.3) is 0 Å². The average Bonchev–Trinajstić information content (AvgIpc) is 2.58. The van der Waals surface area contributed by atoms with Crippen molar-refractivity contribution in [1.82, 2.24) is 25.5 Å². The summed E-state index contributed by atoms with van der Waals surface area (Å²) in [5.41, 5.74) is 2.50. The monoisotopic (exact) mass is 211 g/mol. The average molecular weight is 211 g/mol. The van der Waals surface area contributed by atoms with Crippen LogP contribution in [0.3, 0.4) is 0 Å². The number of aryl methyl sites for hydroxylation is 1. The molecule has 1 aromatic heterocycles. The van der Waals surface area contributed by atoms with E-state index in [1.54, 1.807) is 6.33 Å². The maximum atomic E-state index is 5.31. The van der Waals surface area contributed by atoms with Gasteiger partial charge in [-0.2, -0.15) is 0 Å². The number of hydrogen-bond acceptors (Lipinski definition) is 4. The highest BCUT2D eigenvalue weighted by molar-refractivity contribution is 5.79. The van der Waals surface area contributed by atoms with Crippen molar-refractivity contribution in [3.8, 4) is 0 Å². The summed E-state index contributed by atoms with van der Waals surface area (Å²) in [6.07, 6.45) is 1.64. The van der Waals surface area contributed by atoms with Gasteiger partial charge in [-0.25, -0.2) is 10.8 Å². The fraction of sp³-hybridized carbons (Fsp3) is 0.625. The predicted molar refractivity (Wildman–Crippen MR) is 57.7 cm³/mol. The van der Waals surface area contributed by atoms with Crippen LogP contribution in [0.2, 0.25) is 0 Å². The molecule has 0 saturated heterocycles. The highest BCUT2D eigenvalue weighted by Crippen LogP contribution is 1.93. The molecule has 0 bridgehead atoms. The standard InChI is InChI=1S/C8H17N7/c1-6(2)12-8(13-9)10-4-7-14-11-5-15(7)3/h5-6H,4,9H2,1-3H3,(H2,10,12,13). The van der Waals surface area contributed by atoms with Crippen LogP contribution in [-0.2, 0) is 13.6 Å². The van der Waals surface area contributed by atoms with Crippen LogP contribution in [0, 0.1) is 0 Å². The Labute approximate surface area is 88.8 Å². The zero-order valence-electron chi connectivity index (χ0n) is 9.23. The van der Waals surface area contributed by atoms with Crippen molar-refractivity contribution in [2.24, 2.45) is 17.9 Å². The number of hydrazine groups is 1. The van der Waals surface area contributed by atoms with Gasteiger partial charge in [0.15, 0.2) is 5.82 Å². The van der Waals surface area contributed by atoms with Gasteiger partial charge in [0.1, 0.15) is 12.9 Å². The molecule has 7 nitrogen and oxygen atoms in total. The Kier molecular flexibility index (Phi) is 4.04. The minimum atomic E-state index is 0.277. The van der Waals surface area contributed by atoms with Gasteiger partial charge in [-0.1, -0.05) is 0 Å². The minimum absolute atomic E-state index is 0.277. The largest absolute Gasteiger partial charge is 0.353 e. The molecule has 1 heterocycles. The van der Waals surface area contributed by atoms with Gasteiger partial charge >= 0.3 is 0 Å². The number of nitrogens with one attached hydrogen (secondary N) is 2. The van der Waals surface area contributed by atoms with Crippen molar-refractivity contribution >= 4 is 5.96 Å². The molecule has 1 rings (SSSR count). The molecule has 7 heteroatoms. The van der Waals surface area contributed by atoms with Crippen LogP contribution >= 0.6 is 0 Å². The van der Waals surface area contributed by atoms with E-state index in [0.29, 0.717) is 12.5 Å². The Hall–Kier alpha value is -1.63. The van der Waals surface area contributed by atoms with Gasteiger partial charge in [0.05, 0.1) is 0 Å². The molecule has 0 spiro atoms. The van der Waals surface area contributed by atoms with Crippen molar-refractivity contribution in [1.29, 1.82) is 0 Å². The lowest BCUT2D eigenvalue weighted by molar-refractivity contribution is 0.696. The zero-order chi connectivity index (χ0) is 11.3. The van der Waals surface area contributed by atoms with Crippen LogP contribution in [0.4, 0.5) is 0 Å². The molecule has 0 aromatic carbocycles. The fourth-order valence-corrected chi connectivity index (χ4v) is 1.01. The van der Waals surface area contributed by atoms with Crippen LogP contribution in [0.1, 0.15) is 19.7 Å². The van der Waals surface area contributed by atoms with Crippen molar-refractivity contribution in [3.63, 3.8) is 0 Å². The van der Waals surface area contributed by atoms with Crippen LogP contribution in [-0.4, -0.2) is 26.8 Å². The summed E-state index contributed by atoms with van der Waals surface area (Å²) >= 11 is 0. The van der Waals surface area contributed by atoms with Crippen molar-refractivity contribution in [3.05, 3.63) is 12.2 Å². The number of nitrogens with two attached hydrogens (primary N) is 1. The Morgan fingerprint density at radius 3 is 2.87 bits per heavy atom. The summed E-state index contributed by atoms with van der Waals surface area (Å²) in [6, 6.07) is 0.277. The molecule has 0 aliphatic carbocycles. The molecular weight excluding hydrogens is 194 g/mol. The van der Waals surface area contributed by atoms with E-state index in [0.717, 1.165) is 5.82 Å². The van der Waals surface area contributed by atoms with E-state index in [4.69, 9.17) is 5.84 Å². The highest BCUT2D eigenvalue weighted by atomic mass is 15.3. The maximum Gasteiger partial charge on any atom is 0.206 e. The molecule has 4 N–H and O–H groups in total. The number of guanidine groups is 1. The Morgan fingerprint density at radius 1 is 1.67 bits per heavy atom. The summed E-state index contributed by atoms with van der Waals surface area (Å²) in [5.74, 6) is 6.65. The normalized spacial score (nSPS) is 11.9. The fourth-order valence-electron chi connectivity index (χ4n) is 1.01. The summed E-state index contributed by atoms with van der Waals surface area (Å²) in [5, 5.41) is 10.7. The van der Waals surface area contributed by atoms with Gasteiger partial charge in [0, 0.05) is 13.1 Å². The first-order chi connectivity index (χ1) is 7.13. The first kappa shape index (κ1) is 11.4. The second-order valence-electron chi connectivity index (χ2n) is 3.47. The van der Waals surface area contributed by atoms with Gasteiger partial charge in [-0.05, 0) is 13.8 Å². The second-order valence-corrected chi connectivity index (χ2v) is 3.47. The van der Waals surface area contributed by atoms with E-state index in [1.165, 1.54) is 0 Å². The molecule has 0 atom stereocenters. The third-order valence-electron chi connectivity index (χ3n) is 1.75. The van der Waals surface area contributed by atoms with Crippen LogP contribution < -0.4 is 16.6 Å². The molecule has 0 aliphatic heterocycles. The molecule has 84 valence electrons. The SMILES string of the molecule is CC(C)NC(=NCc1nncn1C)NN. The smallest absolute Gasteiger partial charge is 0.206 e. The third-order valence-corrected chi connectivity index (χ3v) is 1.75. The second kappa shape index (κ2) is 5.30. The highest BCUT2D eigenvalue weighted by Gasteiger charge is 2.01. The summed E-state index contributed by atoms with van der Waals surface area (Å²) in [4.78, 5) is 4.23. The molecule has 0 saturated carbocycles. The minimum Gasteiger partial charge on any atom is -0.353 e. The van der Waals surface area contributed by atoms with E-state index < -0.39 is 0 Å². The number of nitrogens with zero attached hydrogens (tertiary/aromatic N) is 4. The van der Waals surface area contributed by atoms with E-state index in [-0.39, 0.29) is 6.04 Å². The number of aromatic nitrogens is 3. The molecule has 0 aliphatic rings. The number of hydrogen-bond donors (Lipinski definition) is 3. The Morgan fingerprint density at radius 2 is 2.40 bits per heavy atom. The van der Waals surface area contributed by atoms with E-state index in [1.807, 2.05) is 25.5 Å². The lowest BCUT2D eigenvalue weighted by Gasteiger charge is -2.11. The predicted octanol–water partition coefficient (Wildman–Crippen LogP) is -0.868. The van der Waals surface area contributed by atoms with Crippen LogP contribution in [0.5, 0.6) is 0 Å². The quantitative estimate of drug-likeness (QED) is 0.262. The third kappa shape index (κ3) is 3.55. The van der Waals surface area contributed by atoms with Crippen molar-refractivity contribution in [2.45, 2.75) is 26.4 Å². The molecule has 0 unspecified atom stereocenters. The van der Waals surface area contributed by atoms with Gasteiger partial charge in [0.2, 0.25) is 5.96 Å².